The fourth-order valence-electron chi connectivity index (χ4n) is 4.71. The van der Waals surface area contributed by atoms with Gasteiger partial charge in [-0.25, -0.2) is 9.59 Å². The predicted molar refractivity (Wildman–Crippen MR) is 135 cm³/mol. The van der Waals surface area contributed by atoms with Crippen LogP contribution in [0.25, 0.3) is 0 Å². The van der Waals surface area contributed by atoms with E-state index in [1.165, 1.54) is 37.8 Å². The molecule has 0 bridgehead atoms. The van der Waals surface area contributed by atoms with Gasteiger partial charge >= 0.3 is 12.2 Å². The van der Waals surface area contributed by atoms with Crippen LogP contribution in [0.2, 0.25) is 0 Å². The number of benzene rings is 1. The minimum Gasteiger partial charge on any atom is -0.444 e. The molecule has 0 radical (unpaired) electrons. The molecule has 7 nitrogen and oxygen atoms in total. The second-order valence-electron chi connectivity index (χ2n) is 11.6. The summed E-state index contributed by atoms with van der Waals surface area (Å²) in [4.78, 5) is 31.6. The van der Waals surface area contributed by atoms with Gasteiger partial charge in [-0.3, -0.25) is 4.90 Å². The van der Waals surface area contributed by atoms with E-state index in [0.717, 1.165) is 5.56 Å². The van der Waals surface area contributed by atoms with Crippen molar-refractivity contribution in [1.29, 1.82) is 0 Å². The summed E-state index contributed by atoms with van der Waals surface area (Å²) in [6.45, 7) is 12.4. The Hall–Kier alpha value is -2.44. The molecule has 0 spiro atoms. The first-order chi connectivity index (χ1) is 15.8. The zero-order chi connectivity index (χ0) is 25.1. The van der Waals surface area contributed by atoms with E-state index in [0.29, 0.717) is 25.7 Å². The molecule has 1 aliphatic heterocycles. The Balaban J connectivity index is 1.80. The smallest absolute Gasteiger partial charge is 0.410 e. The van der Waals surface area contributed by atoms with E-state index >= 15 is 0 Å². The van der Waals surface area contributed by atoms with Crippen molar-refractivity contribution in [2.24, 2.45) is 0 Å². The standard InChI is InChI=1S/C27H43N3O4/c1-26(2,3)33-24(31)29-17-18-30(25(32)34-27(4,5)6)23(19-29)20-13-15-22(16-14-20)28(7)21-11-9-8-10-12-21/h13-16,21,23H,8-12,17-19H2,1-7H3. The molecule has 2 aliphatic rings. The summed E-state index contributed by atoms with van der Waals surface area (Å²) in [5, 5.41) is 0. The van der Waals surface area contributed by atoms with Gasteiger partial charge in [0, 0.05) is 38.4 Å². The third-order valence-electron chi connectivity index (χ3n) is 6.47. The summed E-state index contributed by atoms with van der Waals surface area (Å²) < 4.78 is 11.3. The normalized spacial score (nSPS) is 20.1. The predicted octanol–water partition coefficient (Wildman–Crippen LogP) is 5.98. The van der Waals surface area contributed by atoms with Crippen molar-refractivity contribution in [3.8, 4) is 0 Å². The fraction of sp³-hybridized carbons (Fsp3) is 0.704. The van der Waals surface area contributed by atoms with E-state index in [1.807, 2.05) is 41.5 Å². The molecule has 0 N–H and O–H groups in total. The van der Waals surface area contributed by atoms with Crippen molar-refractivity contribution in [3.63, 3.8) is 0 Å². The third-order valence-corrected chi connectivity index (χ3v) is 6.47. The Morgan fingerprint density at radius 1 is 0.853 bits per heavy atom. The monoisotopic (exact) mass is 473 g/mol. The fourth-order valence-corrected chi connectivity index (χ4v) is 4.71. The average molecular weight is 474 g/mol. The van der Waals surface area contributed by atoms with Crippen molar-refractivity contribution in [1.82, 2.24) is 9.80 Å². The Kier molecular flexibility index (Phi) is 8.04. The summed E-state index contributed by atoms with van der Waals surface area (Å²) in [7, 11) is 2.17. The van der Waals surface area contributed by atoms with Gasteiger partial charge in [0.25, 0.3) is 0 Å². The number of hydrogen-bond donors (Lipinski definition) is 0. The molecule has 1 aliphatic carbocycles. The van der Waals surface area contributed by atoms with Gasteiger partial charge in [0.2, 0.25) is 0 Å². The number of carbonyl (C=O) groups is 2. The van der Waals surface area contributed by atoms with Crippen molar-refractivity contribution < 1.29 is 19.1 Å². The number of carbonyl (C=O) groups excluding carboxylic acids is 2. The summed E-state index contributed by atoms with van der Waals surface area (Å²) >= 11 is 0. The summed E-state index contributed by atoms with van der Waals surface area (Å²) in [5.74, 6) is 0. The number of anilines is 1. The minimum atomic E-state index is -0.587. The molecule has 190 valence electrons. The highest BCUT2D eigenvalue weighted by Gasteiger charge is 2.37. The molecule has 1 saturated carbocycles. The molecule has 34 heavy (non-hydrogen) atoms. The first kappa shape index (κ1) is 26.2. The lowest BCUT2D eigenvalue weighted by Gasteiger charge is -2.42. The maximum Gasteiger partial charge on any atom is 0.410 e. The number of nitrogens with zero attached hydrogens (tertiary/aromatic N) is 3. The maximum atomic E-state index is 13.0. The van der Waals surface area contributed by atoms with E-state index in [1.54, 1.807) is 9.80 Å². The van der Waals surface area contributed by atoms with Crippen LogP contribution in [0.15, 0.2) is 24.3 Å². The van der Waals surface area contributed by atoms with Crippen LogP contribution in [-0.4, -0.2) is 65.9 Å². The van der Waals surface area contributed by atoms with Gasteiger partial charge in [0.05, 0.1) is 6.04 Å². The number of rotatable bonds is 3. The molecule has 0 aromatic heterocycles. The molecule has 1 saturated heterocycles. The largest absolute Gasteiger partial charge is 0.444 e. The number of ether oxygens (including phenoxy) is 2. The third kappa shape index (κ3) is 7.03. The lowest BCUT2D eigenvalue weighted by molar-refractivity contribution is -0.0152. The van der Waals surface area contributed by atoms with Gasteiger partial charge in [-0.2, -0.15) is 0 Å². The molecule has 1 atom stereocenters. The molecule has 3 rings (SSSR count). The zero-order valence-corrected chi connectivity index (χ0v) is 22.1. The first-order valence-corrected chi connectivity index (χ1v) is 12.6. The second kappa shape index (κ2) is 10.4. The van der Waals surface area contributed by atoms with E-state index in [2.05, 4.69) is 36.2 Å². The minimum absolute atomic E-state index is 0.301. The molecule has 2 fully saturated rings. The Morgan fingerprint density at radius 2 is 1.41 bits per heavy atom. The van der Waals surface area contributed by atoms with Gasteiger partial charge in [0.1, 0.15) is 11.2 Å². The van der Waals surface area contributed by atoms with E-state index in [-0.39, 0.29) is 18.2 Å². The van der Waals surface area contributed by atoms with Gasteiger partial charge in [0.15, 0.2) is 0 Å². The van der Waals surface area contributed by atoms with Gasteiger partial charge in [-0.1, -0.05) is 31.4 Å². The highest BCUT2D eigenvalue weighted by atomic mass is 16.6. The van der Waals surface area contributed by atoms with E-state index in [9.17, 15) is 9.59 Å². The molecular weight excluding hydrogens is 430 g/mol. The van der Waals surface area contributed by atoms with Crippen molar-refractivity contribution in [2.45, 2.75) is 96.9 Å². The lowest BCUT2D eigenvalue weighted by atomic mass is 9.94. The molecular formula is C27H43N3O4. The molecule has 2 amide bonds. The van der Waals surface area contributed by atoms with Crippen molar-refractivity contribution in [3.05, 3.63) is 29.8 Å². The lowest BCUT2D eigenvalue weighted by Crippen LogP contribution is -2.54. The molecule has 1 aromatic rings. The van der Waals surface area contributed by atoms with Gasteiger partial charge in [-0.15, -0.1) is 0 Å². The SMILES string of the molecule is CN(c1ccc(C2CN(C(=O)OC(C)(C)C)CCN2C(=O)OC(C)(C)C)cc1)C1CCCCC1. The number of piperazine rings is 1. The van der Waals surface area contributed by atoms with Crippen LogP contribution in [0, 0.1) is 0 Å². The number of amides is 2. The zero-order valence-electron chi connectivity index (χ0n) is 22.1. The maximum absolute atomic E-state index is 13.0. The van der Waals surface area contributed by atoms with Gasteiger partial charge < -0.3 is 19.3 Å². The van der Waals surface area contributed by atoms with Crippen LogP contribution >= 0.6 is 0 Å². The Bertz CT molecular complexity index is 835. The molecule has 1 unspecified atom stereocenters. The van der Waals surface area contributed by atoms with Crippen LogP contribution in [0.5, 0.6) is 0 Å². The van der Waals surface area contributed by atoms with Gasteiger partial charge in [-0.05, 0) is 72.1 Å². The second-order valence-corrected chi connectivity index (χ2v) is 11.6. The molecule has 7 heteroatoms. The van der Waals surface area contributed by atoms with E-state index in [4.69, 9.17) is 9.47 Å². The van der Waals surface area contributed by atoms with E-state index < -0.39 is 11.2 Å². The van der Waals surface area contributed by atoms with Crippen LogP contribution in [0.4, 0.5) is 15.3 Å². The van der Waals surface area contributed by atoms with Crippen LogP contribution in [0.1, 0.15) is 85.3 Å². The van der Waals surface area contributed by atoms with Crippen LogP contribution < -0.4 is 4.90 Å². The van der Waals surface area contributed by atoms with Crippen molar-refractivity contribution >= 4 is 17.9 Å². The van der Waals surface area contributed by atoms with Crippen molar-refractivity contribution in [2.75, 3.05) is 31.6 Å². The Morgan fingerprint density at radius 3 is 1.97 bits per heavy atom. The topological polar surface area (TPSA) is 62.3 Å². The average Bonchev–Trinajstić information content (AvgIpc) is 2.76. The Labute approximate surface area is 205 Å². The number of hydrogen-bond acceptors (Lipinski definition) is 5. The molecule has 1 aromatic carbocycles. The van der Waals surface area contributed by atoms with Crippen LogP contribution in [0.3, 0.4) is 0 Å². The summed E-state index contributed by atoms with van der Waals surface area (Å²) in [6.07, 6.45) is 5.68. The summed E-state index contributed by atoms with van der Waals surface area (Å²) in [6, 6.07) is 8.69. The highest BCUT2D eigenvalue weighted by Crippen LogP contribution is 2.31. The summed E-state index contributed by atoms with van der Waals surface area (Å²) in [5.41, 5.74) is 1.01. The molecule has 1 heterocycles. The first-order valence-electron chi connectivity index (χ1n) is 12.6. The highest BCUT2D eigenvalue weighted by molar-refractivity contribution is 5.71. The quantitative estimate of drug-likeness (QED) is 0.540. The van der Waals surface area contributed by atoms with Crippen LogP contribution in [-0.2, 0) is 9.47 Å².